The van der Waals surface area contributed by atoms with E-state index >= 15 is 0 Å². The van der Waals surface area contributed by atoms with Crippen molar-refractivity contribution in [2.24, 2.45) is 11.8 Å². The Morgan fingerprint density at radius 3 is 2.38 bits per heavy atom. The van der Waals surface area contributed by atoms with Crippen molar-refractivity contribution in [3.8, 4) is 0 Å². The second-order valence-corrected chi connectivity index (χ2v) is 6.49. The first-order valence-corrected chi connectivity index (χ1v) is 8.33. The molecule has 0 aliphatic carbocycles. The van der Waals surface area contributed by atoms with Gasteiger partial charge in [-0.25, -0.2) is 0 Å². The topological polar surface area (TPSA) is 12.0 Å². The number of rotatable bonds is 7. The lowest BCUT2D eigenvalue weighted by Gasteiger charge is -2.29. The molecule has 21 heavy (non-hydrogen) atoms. The van der Waals surface area contributed by atoms with Crippen LogP contribution in [0.5, 0.6) is 0 Å². The zero-order valence-corrected chi connectivity index (χ0v) is 13.9. The predicted molar refractivity (Wildman–Crippen MR) is 93.7 cm³/mol. The van der Waals surface area contributed by atoms with Crippen molar-refractivity contribution in [1.29, 1.82) is 0 Å². The molecule has 0 radical (unpaired) electrons. The van der Waals surface area contributed by atoms with Gasteiger partial charge in [0.25, 0.3) is 0 Å². The van der Waals surface area contributed by atoms with Gasteiger partial charge >= 0.3 is 0 Å². The molecular formula is C20H29N. The molecule has 0 fully saturated rings. The molecule has 0 saturated heterocycles. The van der Waals surface area contributed by atoms with Crippen molar-refractivity contribution in [3.05, 3.63) is 48.0 Å². The highest BCUT2D eigenvalue weighted by atomic mass is 14.9. The number of fused-ring (bicyclic) bond motifs is 1. The Morgan fingerprint density at radius 2 is 1.67 bits per heavy atom. The summed E-state index contributed by atoms with van der Waals surface area (Å²) in [5, 5.41) is 6.45. The van der Waals surface area contributed by atoms with Gasteiger partial charge in [0.2, 0.25) is 0 Å². The monoisotopic (exact) mass is 283 g/mol. The van der Waals surface area contributed by atoms with Crippen molar-refractivity contribution in [2.45, 2.75) is 46.6 Å². The molecule has 2 aromatic rings. The predicted octanol–water partition coefficient (Wildman–Crippen LogP) is 5.04. The summed E-state index contributed by atoms with van der Waals surface area (Å²) >= 11 is 0. The molecule has 2 atom stereocenters. The normalized spacial score (nSPS) is 14.5. The first-order valence-electron chi connectivity index (χ1n) is 8.33. The van der Waals surface area contributed by atoms with E-state index in [2.05, 4.69) is 75.5 Å². The zero-order valence-electron chi connectivity index (χ0n) is 13.9. The summed E-state index contributed by atoms with van der Waals surface area (Å²) in [6, 6.07) is 16.0. The van der Waals surface area contributed by atoms with Gasteiger partial charge in [0.1, 0.15) is 0 Å². The smallest absolute Gasteiger partial charge is 0.00726 e. The average Bonchev–Trinajstić information content (AvgIpc) is 2.50. The van der Waals surface area contributed by atoms with Crippen LogP contribution in [0.25, 0.3) is 10.8 Å². The highest BCUT2D eigenvalue weighted by molar-refractivity contribution is 5.85. The Labute approximate surface area is 129 Å². The minimum absolute atomic E-state index is 0.559. The second kappa shape index (κ2) is 7.61. The van der Waals surface area contributed by atoms with Gasteiger partial charge in [-0.05, 0) is 54.5 Å². The van der Waals surface area contributed by atoms with Gasteiger partial charge in [-0.1, -0.05) is 63.2 Å². The highest BCUT2D eigenvalue weighted by Gasteiger charge is 2.21. The third-order valence-electron chi connectivity index (χ3n) is 4.55. The van der Waals surface area contributed by atoms with Crippen LogP contribution in [0.3, 0.4) is 0 Å². The fraction of sp³-hybridized carbons (Fsp3) is 0.500. The Balaban J connectivity index is 2.22. The maximum atomic E-state index is 3.68. The molecule has 0 bridgehead atoms. The molecule has 0 spiro atoms. The summed E-state index contributed by atoms with van der Waals surface area (Å²) in [4.78, 5) is 0. The van der Waals surface area contributed by atoms with Crippen LogP contribution >= 0.6 is 0 Å². The minimum Gasteiger partial charge on any atom is -0.314 e. The molecule has 0 aromatic heterocycles. The molecule has 0 aliphatic rings. The van der Waals surface area contributed by atoms with E-state index < -0.39 is 0 Å². The summed E-state index contributed by atoms with van der Waals surface area (Å²) in [5.41, 5.74) is 1.48. The molecular weight excluding hydrogens is 254 g/mol. The van der Waals surface area contributed by atoms with Crippen LogP contribution in [0.1, 0.15) is 39.7 Å². The van der Waals surface area contributed by atoms with Gasteiger partial charge in [0, 0.05) is 6.04 Å². The average molecular weight is 283 g/mol. The fourth-order valence-corrected chi connectivity index (χ4v) is 3.24. The summed E-state index contributed by atoms with van der Waals surface area (Å²) in [5.74, 6) is 1.35. The lowest BCUT2D eigenvalue weighted by atomic mass is 9.83. The summed E-state index contributed by atoms with van der Waals surface area (Å²) in [6.45, 7) is 10.4. The fourth-order valence-electron chi connectivity index (χ4n) is 3.24. The lowest BCUT2D eigenvalue weighted by Crippen LogP contribution is -2.37. The van der Waals surface area contributed by atoms with E-state index in [1.54, 1.807) is 0 Å². The van der Waals surface area contributed by atoms with Crippen molar-refractivity contribution in [1.82, 2.24) is 5.32 Å². The van der Waals surface area contributed by atoms with E-state index in [0.29, 0.717) is 17.9 Å². The maximum absolute atomic E-state index is 3.68. The summed E-state index contributed by atoms with van der Waals surface area (Å²) < 4.78 is 0. The van der Waals surface area contributed by atoms with Crippen LogP contribution in [0.15, 0.2) is 42.5 Å². The van der Waals surface area contributed by atoms with Gasteiger partial charge in [0.15, 0.2) is 0 Å². The van der Waals surface area contributed by atoms with Gasteiger partial charge < -0.3 is 5.32 Å². The van der Waals surface area contributed by atoms with Crippen LogP contribution in [0, 0.1) is 11.8 Å². The Kier molecular flexibility index (Phi) is 5.81. The molecule has 2 unspecified atom stereocenters. The first kappa shape index (κ1) is 16.0. The number of benzene rings is 2. The van der Waals surface area contributed by atoms with Gasteiger partial charge in [-0.15, -0.1) is 0 Å². The number of hydrogen-bond acceptors (Lipinski definition) is 1. The molecule has 1 nitrogen and oxygen atoms in total. The number of nitrogens with one attached hydrogen (secondary N) is 1. The largest absolute Gasteiger partial charge is 0.314 e. The SMILES string of the molecule is CCCNC(C)C(Cc1cccc2ccccc12)C(C)C. The Morgan fingerprint density at radius 1 is 0.952 bits per heavy atom. The van der Waals surface area contributed by atoms with Crippen molar-refractivity contribution in [2.75, 3.05) is 6.54 Å². The molecule has 0 aliphatic heterocycles. The third kappa shape index (κ3) is 4.07. The molecule has 2 rings (SSSR count). The minimum atomic E-state index is 0.559. The molecule has 114 valence electrons. The van der Waals surface area contributed by atoms with E-state index in [0.717, 1.165) is 13.0 Å². The quantitative estimate of drug-likeness (QED) is 0.750. The van der Waals surface area contributed by atoms with Gasteiger partial charge in [-0.2, -0.15) is 0 Å². The van der Waals surface area contributed by atoms with Crippen LogP contribution < -0.4 is 5.32 Å². The standard InChI is InChI=1S/C20H29N/c1-5-13-21-16(4)20(15(2)3)14-18-11-8-10-17-9-6-7-12-19(17)18/h6-12,15-16,20-21H,5,13-14H2,1-4H3. The Bertz CT molecular complexity index is 553. The van der Waals surface area contributed by atoms with E-state index in [-0.39, 0.29) is 0 Å². The second-order valence-electron chi connectivity index (χ2n) is 6.49. The summed E-state index contributed by atoms with van der Waals surface area (Å²) in [6.07, 6.45) is 2.35. The lowest BCUT2D eigenvalue weighted by molar-refractivity contribution is 0.289. The first-order chi connectivity index (χ1) is 10.1. The van der Waals surface area contributed by atoms with Crippen LogP contribution in [0.2, 0.25) is 0 Å². The van der Waals surface area contributed by atoms with Crippen molar-refractivity contribution < 1.29 is 0 Å². The van der Waals surface area contributed by atoms with Gasteiger partial charge in [0.05, 0.1) is 0 Å². The maximum Gasteiger partial charge on any atom is 0.00726 e. The van der Waals surface area contributed by atoms with E-state index in [1.807, 2.05) is 0 Å². The molecule has 0 heterocycles. The van der Waals surface area contributed by atoms with Crippen LogP contribution in [-0.2, 0) is 6.42 Å². The van der Waals surface area contributed by atoms with E-state index in [9.17, 15) is 0 Å². The van der Waals surface area contributed by atoms with E-state index in [1.165, 1.54) is 22.8 Å². The zero-order chi connectivity index (χ0) is 15.2. The van der Waals surface area contributed by atoms with Crippen molar-refractivity contribution in [3.63, 3.8) is 0 Å². The highest BCUT2D eigenvalue weighted by Crippen LogP contribution is 2.26. The molecule has 0 amide bonds. The molecule has 2 aromatic carbocycles. The van der Waals surface area contributed by atoms with Crippen LogP contribution in [0.4, 0.5) is 0 Å². The van der Waals surface area contributed by atoms with Crippen molar-refractivity contribution >= 4 is 10.8 Å². The van der Waals surface area contributed by atoms with Gasteiger partial charge in [-0.3, -0.25) is 0 Å². The van der Waals surface area contributed by atoms with E-state index in [4.69, 9.17) is 0 Å². The van der Waals surface area contributed by atoms with Crippen LogP contribution in [-0.4, -0.2) is 12.6 Å². The molecule has 1 heteroatoms. The Hall–Kier alpha value is -1.34. The molecule has 1 N–H and O–H groups in total. The summed E-state index contributed by atoms with van der Waals surface area (Å²) in [7, 11) is 0. The molecule has 0 saturated carbocycles. The third-order valence-corrected chi connectivity index (χ3v) is 4.55. The number of hydrogen-bond donors (Lipinski definition) is 1.